The molecule has 0 aromatic heterocycles. The molecular formula is C30H38N4O3S. The van der Waals surface area contributed by atoms with Crippen LogP contribution in [0.3, 0.4) is 0 Å². The van der Waals surface area contributed by atoms with Crippen molar-refractivity contribution in [2.45, 2.75) is 37.2 Å². The number of ether oxygens (including phenoxy) is 1. The predicted octanol–water partition coefficient (Wildman–Crippen LogP) is 4.74. The summed E-state index contributed by atoms with van der Waals surface area (Å²) in [6.45, 7) is 3.64. The molecule has 0 saturated carbocycles. The van der Waals surface area contributed by atoms with Gasteiger partial charge in [0.15, 0.2) is 15.8 Å². The molecule has 3 aromatic rings. The molecule has 0 aliphatic carbocycles. The van der Waals surface area contributed by atoms with Crippen molar-refractivity contribution < 1.29 is 13.2 Å². The van der Waals surface area contributed by atoms with Crippen LogP contribution in [-0.4, -0.2) is 51.7 Å². The SMILES string of the molecule is CS(=O)(=O)c1ccc(COc2ccc(NC(=NCCCN)N3CCC(Cc4ccccc4)CC3)cc2)cc1. The summed E-state index contributed by atoms with van der Waals surface area (Å²) in [7, 11) is -3.20. The second kappa shape index (κ2) is 13.4. The molecule has 202 valence electrons. The molecule has 0 bridgehead atoms. The summed E-state index contributed by atoms with van der Waals surface area (Å²) in [5.74, 6) is 2.33. The third-order valence-corrected chi connectivity index (χ3v) is 7.90. The molecule has 1 aliphatic rings. The molecule has 1 fully saturated rings. The molecule has 0 amide bonds. The molecule has 7 nitrogen and oxygen atoms in total. The maximum Gasteiger partial charge on any atom is 0.198 e. The summed E-state index contributed by atoms with van der Waals surface area (Å²) in [4.78, 5) is 7.50. The fourth-order valence-corrected chi connectivity index (χ4v) is 5.18. The molecular weight excluding hydrogens is 496 g/mol. The number of nitrogens with zero attached hydrogens (tertiary/aromatic N) is 2. The van der Waals surface area contributed by atoms with E-state index in [9.17, 15) is 8.42 Å². The molecule has 1 aliphatic heterocycles. The molecule has 3 aromatic carbocycles. The first-order chi connectivity index (χ1) is 18.4. The topological polar surface area (TPSA) is 97.0 Å². The molecule has 8 heteroatoms. The lowest BCUT2D eigenvalue weighted by Gasteiger charge is -2.34. The maximum absolute atomic E-state index is 11.6. The first kappa shape index (κ1) is 27.7. The van der Waals surface area contributed by atoms with Gasteiger partial charge >= 0.3 is 0 Å². The van der Waals surface area contributed by atoms with Crippen molar-refractivity contribution in [3.63, 3.8) is 0 Å². The minimum absolute atomic E-state index is 0.307. The van der Waals surface area contributed by atoms with Crippen LogP contribution in [0, 0.1) is 5.92 Å². The van der Waals surface area contributed by atoms with Gasteiger partial charge in [0.1, 0.15) is 12.4 Å². The van der Waals surface area contributed by atoms with Gasteiger partial charge in [-0.25, -0.2) is 8.42 Å². The number of hydrogen-bond acceptors (Lipinski definition) is 5. The summed E-state index contributed by atoms with van der Waals surface area (Å²) in [6, 6.07) is 25.3. The van der Waals surface area contributed by atoms with E-state index in [0.29, 0.717) is 30.5 Å². The maximum atomic E-state index is 11.6. The highest BCUT2D eigenvalue weighted by Gasteiger charge is 2.22. The quantitative estimate of drug-likeness (QED) is 0.222. The number of piperidine rings is 1. The van der Waals surface area contributed by atoms with E-state index in [1.54, 1.807) is 24.3 Å². The van der Waals surface area contributed by atoms with Gasteiger partial charge in [-0.1, -0.05) is 42.5 Å². The van der Waals surface area contributed by atoms with E-state index in [-0.39, 0.29) is 0 Å². The lowest BCUT2D eigenvalue weighted by atomic mass is 9.90. The normalized spacial score (nSPS) is 14.9. The summed E-state index contributed by atoms with van der Waals surface area (Å²) in [5, 5.41) is 3.52. The summed E-state index contributed by atoms with van der Waals surface area (Å²) >= 11 is 0. The van der Waals surface area contributed by atoms with Gasteiger partial charge in [0.25, 0.3) is 0 Å². The smallest absolute Gasteiger partial charge is 0.198 e. The van der Waals surface area contributed by atoms with Crippen molar-refractivity contribution in [2.24, 2.45) is 16.6 Å². The van der Waals surface area contributed by atoms with Gasteiger partial charge < -0.3 is 20.7 Å². The van der Waals surface area contributed by atoms with Crippen LogP contribution in [0.1, 0.15) is 30.4 Å². The van der Waals surface area contributed by atoms with Crippen LogP contribution in [0.2, 0.25) is 0 Å². The number of benzene rings is 3. The first-order valence-corrected chi connectivity index (χ1v) is 15.1. The molecule has 1 heterocycles. The van der Waals surface area contributed by atoms with E-state index >= 15 is 0 Å². The highest BCUT2D eigenvalue weighted by molar-refractivity contribution is 7.90. The van der Waals surface area contributed by atoms with Crippen LogP contribution in [0.15, 0.2) is 88.8 Å². The van der Waals surface area contributed by atoms with Crippen LogP contribution in [-0.2, 0) is 22.9 Å². The van der Waals surface area contributed by atoms with Gasteiger partial charge in [0.05, 0.1) is 4.90 Å². The average molecular weight is 535 g/mol. The standard InChI is InChI=1S/C30H38N4O3S/c1-38(35,36)29-14-8-26(9-15-29)23-37-28-12-10-27(11-13-28)33-30(32-19-5-18-31)34-20-16-25(17-21-34)22-24-6-3-2-4-7-24/h2-4,6-15,25H,5,16-23,31H2,1H3,(H,32,33). The minimum Gasteiger partial charge on any atom is -0.489 e. The van der Waals surface area contributed by atoms with Crippen LogP contribution in [0.5, 0.6) is 5.75 Å². The number of likely N-dealkylation sites (tertiary alicyclic amines) is 1. The van der Waals surface area contributed by atoms with Gasteiger partial charge in [0.2, 0.25) is 0 Å². The Morgan fingerprint density at radius 1 is 0.974 bits per heavy atom. The van der Waals surface area contributed by atoms with E-state index in [4.69, 9.17) is 15.5 Å². The van der Waals surface area contributed by atoms with Gasteiger partial charge in [-0.15, -0.1) is 0 Å². The highest BCUT2D eigenvalue weighted by Crippen LogP contribution is 2.23. The Balaban J connectivity index is 1.32. The van der Waals surface area contributed by atoms with Crippen LogP contribution in [0.25, 0.3) is 0 Å². The number of aliphatic imine (C=N–C) groups is 1. The van der Waals surface area contributed by atoms with Gasteiger partial charge in [0, 0.05) is 31.6 Å². The van der Waals surface area contributed by atoms with Gasteiger partial charge in [-0.3, -0.25) is 4.99 Å². The molecule has 3 N–H and O–H groups in total. The molecule has 0 unspecified atom stereocenters. The Morgan fingerprint density at radius 2 is 1.66 bits per heavy atom. The number of nitrogens with one attached hydrogen (secondary N) is 1. The van der Waals surface area contributed by atoms with Crippen molar-refractivity contribution in [2.75, 3.05) is 37.8 Å². The van der Waals surface area contributed by atoms with E-state index in [1.165, 1.54) is 11.8 Å². The number of anilines is 1. The number of nitrogens with two attached hydrogens (primary N) is 1. The Kier molecular flexibility index (Phi) is 9.79. The Hall–Kier alpha value is -3.36. The molecule has 0 radical (unpaired) electrons. The number of guanidine groups is 1. The number of hydrogen-bond donors (Lipinski definition) is 2. The lowest BCUT2D eigenvalue weighted by Crippen LogP contribution is -2.42. The van der Waals surface area contributed by atoms with Gasteiger partial charge in [-0.05, 0) is 85.7 Å². The third kappa shape index (κ3) is 8.33. The fraction of sp³-hybridized carbons (Fsp3) is 0.367. The first-order valence-electron chi connectivity index (χ1n) is 13.2. The highest BCUT2D eigenvalue weighted by atomic mass is 32.2. The second-order valence-electron chi connectivity index (χ2n) is 9.82. The van der Waals surface area contributed by atoms with E-state index in [2.05, 4.69) is 40.5 Å². The fourth-order valence-electron chi connectivity index (χ4n) is 4.55. The predicted molar refractivity (Wildman–Crippen MR) is 154 cm³/mol. The molecule has 4 rings (SSSR count). The Morgan fingerprint density at radius 3 is 2.29 bits per heavy atom. The number of sulfone groups is 1. The Bertz CT molecular complexity index is 1270. The van der Waals surface area contributed by atoms with Crippen molar-refractivity contribution in [3.8, 4) is 5.75 Å². The number of rotatable bonds is 10. The third-order valence-electron chi connectivity index (χ3n) is 6.77. The summed E-state index contributed by atoms with van der Waals surface area (Å²) in [6.07, 6.45) is 5.48. The minimum atomic E-state index is -3.20. The molecule has 0 atom stereocenters. The van der Waals surface area contributed by atoms with Crippen molar-refractivity contribution in [3.05, 3.63) is 90.0 Å². The van der Waals surface area contributed by atoms with Crippen LogP contribution in [0.4, 0.5) is 5.69 Å². The van der Waals surface area contributed by atoms with E-state index in [0.717, 1.165) is 61.7 Å². The lowest BCUT2D eigenvalue weighted by molar-refractivity contribution is 0.264. The zero-order chi connectivity index (χ0) is 26.8. The summed E-state index contributed by atoms with van der Waals surface area (Å²) < 4.78 is 29.2. The molecule has 1 saturated heterocycles. The van der Waals surface area contributed by atoms with E-state index in [1.807, 2.05) is 24.3 Å². The Labute approximate surface area is 226 Å². The largest absolute Gasteiger partial charge is 0.489 e. The monoisotopic (exact) mass is 534 g/mol. The zero-order valence-corrected chi connectivity index (χ0v) is 22.9. The molecule has 0 spiro atoms. The van der Waals surface area contributed by atoms with Crippen LogP contribution < -0.4 is 15.8 Å². The van der Waals surface area contributed by atoms with Gasteiger partial charge in [-0.2, -0.15) is 0 Å². The summed E-state index contributed by atoms with van der Waals surface area (Å²) in [5.41, 5.74) is 8.98. The van der Waals surface area contributed by atoms with Crippen molar-refractivity contribution in [1.82, 2.24) is 4.90 Å². The van der Waals surface area contributed by atoms with Crippen molar-refractivity contribution in [1.29, 1.82) is 0 Å². The average Bonchev–Trinajstić information content (AvgIpc) is 2.93. The zero-order valence-electron chi connectivity index (χ0n) is 22.1. The second-order valence-corrected chi connectivity index (χ2v) is 11.8. The molecule has 38 heavy (non-hydrogen) atoms. The van der Waals surface area contributed by atoms with Crippen LogP contribution >= 0.6 is 0 Å². The van der Waals surface area contributed by atoms with Crippen molar-refractivity contribution >= 4 is 21.5 Å². The van der Waals surface area contributed by atoms with E-state index < -0.39 is 9.84 Å².